The molecule has 0 aromatic heterocycles. The molecule has 0 radical (unpaired) electrons. The van der Waals surface area contributed by atoms with Crippen LogP contribution in [-0.2, 0) is 28.4 Å². The van der Waals surface area contributed by atoms with Crippen LogP contribution in [0.2, 0.25) is 0 Å². The second-order valence-corrected chi connectivity index (χ2v) is 6.85. The third-order valence-corrected chi connectivity index (χ3v) is 5.09. The van der Waals surface area contributed by atoms with Gasteiger partial charge in [0.25, 0.3) is 5.97 Å². The maximum absolute atomic E-state index is 10.4. The van der Waals surface area contributed by atoms with Gasteiger partial charge in [-0.2, -0.15) is 0 Å². The minimum atomic E-state index is -2.16. The molecule has 0 bridgehead atoms. The molecule has 3 saturated heterocycles. The van der Waals surface area contributed by atoms with Crippen LogP contribution < -0.4 is 0 Å². The van der Waals surface area contributed by atoms with Gasteiger partial charge in [0.1, 0.15) is 49.3 Å². The van der Waals surface area contributed by atoms with Crippen molar-refractivity contribution in [1.29, 1.82) is 0 Å². The van der Waals surface area contributed by atoms with Crippen molar-refractivity contribution in [2.75, 3.05) is 26.9 Å². The highest BCUT2D eigenvalue weighted by atomic mass is 16.9. The van der Waals surface area contributed by atoms with Crippen LogP contribution in [-0.4, -0.2) is 118 Å². The fourth-order valence-electron chi connectivity index (χ4n) is 3.37. The summed E-state index contributed by atoms with van der Waals surface area (Å²) in [7, 11) is 1.35. The molecule has 27 heavy (non-hydrogen) atoms. The minimum Gasteiger partial charge on any atom is -0.394 e. The summed E-state index contributed by atoms with van der Waals surface area (Å²) in [6.07, 6.45) is -11.0. The number of hydrogen-bond acceptors (Lipinski definition) is 12. The van der Waals surface area contributed by atoms with E-state index in [0.29, 0.717) is 0 Å². The van der Waals surface area contributed by atoms with Crippen LogP contribution >= 0.6 is 0 Å². The standard InChI is InChI=1S/C15H26O12/c1-14(22-2)23-4-7-11(26-14)9(19)10(20)13(24-7)27-15(5-17)12(21)8(18)6(3-16)25-15/h6-13,16-21H,3-5H2,1-2H3/t6-,7+,8+,9+,10-,11+,12-,13-,14-,15+/m1/s1. The lowest BCUT2D eigenvalue weighted by atomic mass is 9.97. The summed E-state index contributed by atoms with van der Waals surface area (Å²) in [6, 6.07) is 0. The normalized spacial score (nSPS) is 53.3. The second-order valence-electron chi connectivity index (χ2n) is 6.85. The maximum Gasteiger partial charge on any atom is 0.280 e. The SMILES string of the molecule is CO[C@]1(C)OC[C@@H]2O[C@H](O[C@]3(CO)O[C@H](CO)[C@H](O)[C@H]3O)[C@H](O)[C@H](O)[C@H]2O1. The molecule has 0 amide bonds. The van der Waals surface area contributed by atoms with E-state index in [1.165, 1.54) is 14.0 Å². The van der Waals surface area contributed by atoms with Crippen molar-refractivity contribution in [3.8, 4) is 0 Å². The molecule has 3 heterocycles. The van der Waals surface area contributed by atoms with Gasteiger partial charge in [-0.25, -0.2) is 0 Å². The Kier molecular flexibility index (Phi) is 6.09. The Balaban J connectivity index is 1.75. The van der Waals surface area contributed by atoms with Crippen molar-refractivity contribution in [2.45, 2.75) is 67.7 Å². The molecule has 0 spiro atoms. The van der Waals surface area contributed by atoms with Crippen LogP contribution in [0, 0.1) is 0 Å². The third kappa shape index (κ3) is 3.61. The van der Waals surface area contributed by atoms with Gasteiger partial charge in [0, 0.05) is 14.0 Å². The fourth-order valence-corrected chi connectivity index (χ4v) is 3.37. The van der Waals surface area contributed by atoms with E-state index < -0.39 is 74.0 Å². The second kappa shape index (κ2) is 7.74. The van der Waals surface area contributed by atoms with Gasteiger partial charge in [0.2, 0.25) is 5.79 Å². The first-order chi connectivity index (χ1) is 12.7. The Bertz CT molecular complexity index is 519. The summed E-state index contributed by atoms with van der Waals surface area (Å²) < 4.78 is 32.3. The summed E-state index contributed by atoms with van der Waals surface area (Å²) in [5.74, 6) is -3.59. The van der Waals surface area contributed by atoms with Gasteiger partial charge in [-0.05, 0) is 0 Å². The zero-order valence-corrected chi connectivity index (χ0v) is 14.9. The molecule has 0 aliphatic carbocycles. The lowest BCUT2D eigenvalue weighted by Crippen LogP contribution is -2.67. The van der Waals surface area contributed by atoms with Crippen LogP contribution in [0.25, 0.3) is 0 Å². The van der Waals surface area contributed by atoms with Crippen LogP contribution in [0.3, 0.4) is 0 Å². The summed E-state index contributed by atoms with van der Waals surface area (Å²) in [5.41, 5.74) is 0. The summed E-state index contributed by atoms with van der Waals surface area (Å²) >= 11 is 0. The van der Waals surface area contributed by atoms with E-state index in [4.69, 9.17) is 28.4 Å². The Morgan fingerprint density at radius 2 is 1.74 bits per heavy atom. The van der Waals surface area contributed by atoms with E-state index in [-0.39, 0.29) is 6.61 Å². The van der Waals surface area contributed by atoms with Gasteiger partial charge in [0.15, 0.2) is 6.29 Å². The molecular formula is C15H26O12. The highest BCUT2D eigenvalue weighted by Crippen LogP contribution is 2.38. The van der Waals surface area contributed by atoms with Crippen molar-refractivity contribution in [3.05, 3.63) is 0 Å². The molecule has 10 atom stereocenters. The van der Waals surface area contributed by atoms with E-state index in [1.807, 2.05) is 0 Å². The van der Waals surface area contributed by atoms with Gasteiger partial charge in [-0.1, -0.05) is 0 Å². The maximum atomic E-state index is 10.4. The minimum absolute atomic E-state index is 0.0595. The van der Waals surface area contributed by atoms with Gasteiger partial charge >= 0.3 is 0 Å². The molecule has 6 N–H and O–H groups in total. The highest BCUT2D eigenvalue weighted by Gasteiger charge is 2.59. The van der Waals surface area contributed by atoms with E-state index in [1.54, 1.807) is 0 Å². The van der Waals surface area contributed by atoms with Crippen LogP contribution in [0.1, 0.15) is 6.92 Å². The largest absolute Gasteiger partial charge is 0.394 e. The number of ether oxygens (including phenoxy) is 6. The molecule has 3 aliphatic heterocycles. The Morgan fingerprint density at radius 3 is 2.30 bits per heavy atom. The van der Waals surface area contributed by atoms with E-state index >= 15 is 0 Å². The molecule has 0 aromatic rings. The predicted octanol–water partition coefficient (Wildman–Crippen LogP) is -4.01. The predicted molar refractivity (Wildman–Crippen MR) is 81.8 cm³/mol. The Labute approximate surface area is 154 Å². The molecule has 3 fully saturated rings. The smallest absolute Gasteiger partial charge is 0.280 e. The number of rotatable bonds is 5. The first-order valence-corrected chi connectivity index (χ1v) is 8.52. The molecule has 158 valence electrons. The Hall–Kier alpha value is -0.480. The molecule has 12 nitrogen and oxygen atoms in total. The highest BCUT2D eigenvalue weighted by molar-refractivity contribution is 4.99. The zero-order valence-electron chi connectivity index (χ0n) is 14.9. The first kappa shape index (κ1) is 21.2. The quantitative estimate of drug-likeness (QED) is 0.265. The Morgan fingerprint density at radius 1 is 1.04 bits per heavy atom. The summed E-state index contributed by atoms with van der Waals surface area (Å²) in [5, 5.41) is 59.8. The third-order valence-electron chi connectivity index (χ3n) is 5.09. The van der Waals surface area contributed by atoms with Gasteiger partial charge in [-0.15, -0.1) is 0 Å². The van der Waals surface area contributed by atoms with Crippen molar-refractivity contribution < 1.29 is 59.1 Å². The topological polar surface area (TPSA) is 177 Å². The molecule has 0 saturated carbocycles. The van der Waals surface area contributed by atoms with Gasteiger partial charge in [0.05, 0.1) is 13.2 Å². The molecular weight excluding hydrogens is 372 g/mol. The molecule has 12 heteroatoms. The average Bonchev–Trinajstić information content (AvgIpc) is 2.91. The zero-order chi connectivity index (χ0) is 20.0. The van der Waals surface area contributed by atoms with Crippen LogP contribution in [0.5, 0.6) is 0 Å². The number of aliphatic hydroxyl groups excluding tert-OH is 6. The van der Waals surface area contributed by atoms with Crippen LogP contribution in [0.4, 0.5) is 0 Å². The van der Waals surface area contributed by atoms with E-state index in [2.05, 4.69) is 0 Å². The van der Waals surface area contributed by atoms with Gasteiger partial charge < -0.3 is 59.1 Å². The molecule has 3 aliphatic rings. The number of fused-ring (bicyclic) bond motifs is 1. The summed E-state index contributed by atoms with van der Waals surface area (Å²) in [6.45, 7) is -0.115. The number of hydrogen-bond donors (Lipinski definition) is 6. The van der Waals surface area contributed by atoms with Crippen molar-refractivity contribution in [2.24, 2.45) is 0 Å². The summed E-state index contributed by atoms with van der Waals surface area (Å²) in [4.78, 5) is 0. The molecule has 0 aromatic carbocycles. The lowest BCUT2D eigenvalue weighted by Gasteiger charge is -2.49. The molecule has 3 rings (SSSR count). The first-order valence-electron chi connectivity index (χ1n) is 8.52. The van der Waals surface area contributed by atoms with E-state index in [0.717, 1.165) is 0 Å². The lowest BCUT2D eigenvalue weighted by molar-refractivity contribution is -0.459. The number of aliphatic hydroxyl groups is 6. The average molecular weight is 398 g/mol. The van der Waals surface area contributed by atoms with Gasteiger partial charge in [-0.3, -0.25) is 0 Å². The number of methoxy groups -OCH3 is 1. The van der Waals surface area contributed by atoms with E-state index in [9.17, 15) is 30.6 Å². The van der Waals surface area contributed by atoms with Crippen molar-refractivity contribution >= 4 is 0 Å². The van der Waals surface area contributed by atoms with Crippen LogP contribution in [0.15, 0.2) is 0 Å². The van der Waals surface area contributed by atoms with Crippen molar-refractivity contribution in [3.63, 3.8) is 0 Å². The monoisotopic (exact) mass is 398 g/mol. The fraction of sp³-hybridized carbons (Fsp3) is 1.00. The van der Waals surface area contributed by atoms with Crippen molar-refractivity contribution in [1.82, 2.24) is 0 Å². The molecule has 0 unspecified atom stereocenters.